The number of ketones is 1. The van der Waals surface area contributed by atoms with Gasteiger partial charge in [-0.05, 0) is 29.8 Å². The first kappa shape index (κ1) is 20.5. The summed E-state index contributed by atoms with van der Waals surface area (Å²) in [5, 5.41) is 11.1. The van der Waals surface area contributed by atoms with Crippen LogP contribution >= 0.6 is 0 Å². The highest BCUT2D eigenvalue weighted by molar-refractivity contribution is 6.46. The van der Waals surface area contributed by atoms with E-state index in [1.807, 2.05) is 6.07 Å². The van der Waals surface area contributed by atoms with Crippen molar-refractivity contribution in [1.82, 2.24) is 9.88 Å². The highest BCUT2D eigenvalue weighted by Crippen LogP contribution is 2.40. The minimum absolute atomic E-state index is 0.0545. The van der Waals surface area contributed by atoms with Crippen LogP contribution in [-0.4, -0.2) is 72.9 Å². The van der Waals surface area contributed by atoms with E-state index in [9.17, 15) is 14.7 Å². The van der Waals surface area contributed by atoms with Crippen molar-refractivity contribution in [2.45, 2.75) is 6.04 Å². The molecule has 3 aliphatic rings. The third kappa shape index (κ3) is 3.69. The summed E-state index contributed by atoms with van der Waals surface area (Å²) < 4.78 is 16.1. The molecule has 32 heavy (non-hydrogen) atoms. The summed E-state index contributed by atoms with van der Waals surface area (Å²) in [6.07, 6.45) is 3.25. The van der Waals surface area contributed by atoms with Crippen LogP contribution in [0.2, 0.25) is 0 Å². The Balaban J connectivity index is 1.52. The second kappa shape index (κ2) is 8.60. The van der Waals surface area contributed by atoms with Crippen LogP contribution in [0.1, 0.15) is 17.2 Å². The topological polar surface area (TPSA) is 103 Å². The molecule has 1 aromatic heterocycles. The number of quaternary nitrogens is 1. The first-order chi connectivity index (χ1) is 15.6. The van der Waals surface area contributed by atoms with Crippen molar-refractivity contribution in [2.24, 2.45) is 0 Å². The molecule has 1 atom stereocenters. The molecule has 4 heterocycles. The van der Waals surface area contributed by atoms with Crippen molar-refractivity contribution in [1.29, 1.82) is 0 Å². The number of hydrogen-bond donors (Lipinski definition) is 2. The first-order valence-corrected chi connectivity index (χ1v) is 10.6. The van der Waals surface area contributed by atoms with Crippen molar-refractivity contribution in [3.05, 3.63) is 59.4 Å². The summed E-state index contributed by atoms with van der Waals surface area (Å²) in [4.78, 5) is 33.1. The van der Waals surface area contributed by atoms with E-state index in [-0.39, 0.29) is 18.1 Å². The molecule has 0 radical (unpaired) electrons. The molecule has 3 aliphatic heterocycles. The molecular formula is C23H24N3O6+. The van der Waals surface area contributed by atoms with Gasteiger partial charge in [-0.25, -0.2) is 0 Å². The molecule has 1 aromatic carbocycles. The Morgan fingerprint density at radius 3 is 2.75 bits per heavy atom. The number of amides is 1. The number of fused-ring (bicyclic) bond motifs is 1. The third-order valence-electron chi connectivity index (χ3n) is 6.09. The van der Waals surface area contributed by atoms with Gasteiger partial charge in [-0.15, -0.1) is 0 Å². The van der Waals surface area contributed by atoms with Crippen molar-refractivity contribution in [3.8, 4) is 11.5 Å². The summed E-state index contributed by atoms with van der Waals surface area (Å²) in [7, 11) is 0. The molecule has 2 fully saturated rings. The zero-order valence-corrected chi connectivity index (χ0v) is 17.5. The second-order valence-electron chi connectivity index (χ2n) is 7.96. The number of hydrogen-bond acceptors (Lipinski definition) is 7. The lowest BCUT2D eigenvalue weighted by atomic mass is 9.96. The van der Waals surface area contributed by atoms with Crippen LogP contribution in [0.4, 0.5) is 0 Å². The van der Waals surface area contributed by atoms with Gasteiger partial charge in [-0.2, -0.15) is 0 Å². The van der Waals surface area contributed by atoms with Crippen molar-refractivity contribution in [2.75, 3.05) is 46.2 Å². The van der Waals surface area contributed by atoms with Gasteiger partial charge in [-0.1, -0.05) is 6.07 Å². The van der Waals surface area contributed by atoms with Gasteiger partial charge < -0.3 is 29.1 Å². The number of Topliss-reactive ketones (excluding diaryl/α,β-unsaturated/α-hetero) is 1. The lowest BCUT2D eigenvalue weighted by Gasteiger charge is -2.29. The molecule has 0 spiro atoms. The molecule has 0 aliphatic carbocycles. The van der Waals surface area contributed by atoms with Crippen LogP contribution in [0, 0.1) is 0 Å². The van der Waals surface area contributed by atoms with E-state index in [4.69, 9.17) is 14.2 Å². The maximum Gasteiger partial charge on any atom is 0.295 e. The summed E-state index contributed by atoms with van der Waals surface area (Å²) in [6, 6.07) is 7.79. The fraction of sp³-hybridized carbons (Fsp3) is 0.348. The highest BCUT2D eigenvalue weighted by atomic mass is 16.7. The molecule has 9 nitrogen and oxygen atoms in total. The molecule has 166 valence electrons. The summed E-state index contributed by atoms with van der Waals surface area (Å²) in [5.74, 6) is -0.507. The molecule has 9 heteroatoms. The van der Waals surface area contributed by atoms with E-state index in [1.165, 1.54) is 4.90 Å². The Morgan fingerprint density at radius 1 is 1.16 bits per heavy atom. The van der Waals surface area contributed by atoms with Gasteiger partial charge in [0.15, 0.2) is 11.5 Å². The van der Waals surface area contributed by atoms with Crippen LogP contribution in [0.3, 0.4) is 0 Å². The summed E-state index contributed by atoms with van der Waals surface area (Å²) in [5.41, 5.74) is 1.12. The third-order valence-corrected chi connectivity index (χ3v) is 6.09. The number of aromatic nitrogens is 1. The SMILES string of the molecule is O=C1C(=O)N(CC[NH+]2CCOCC2)C(c2cccnc2)C1=C(O)c1ccc2c(c1)OCO2. The summed E-state index contributed by atoms with van der Waals surface area (Å²) in [6.45, 7) is 4.27. The average molecular weight is 438 g/mol. The van der Waals surface area contributed by atoms with Crippen LogP contribution in [-0.2, 0) is 14.3 Å². The van der Waals surface area contributed by atoms with Gasteiger partial charge in [0.25, 0.3) is 11.7 Å². The minimum atomic E-state index is -0.713. The molecule has 1 amide bonds. The van der Waals surface area contributed by atoms with E-state index in [2.05, 4.69) is 4.98 Å². The lowest BCUT2D eigenvalue weighted by Crippen LogP contribution is -3.14. The number of ether oxygens (including phenoxy) is 3. The smallest absolute Gasteiger partial charge is 0.295 e. The molecule has 2 N–H and O–H groups in total. The largest absolute Gasteiger partial charge is 0.507 e. The summed E-state index contributed by atoms with van der Waals surface area (Å²) >= 11 is 0. The number of carbonyl (C=O) groups excluding carboxylic acids is 2. The number of aliphatic hydroxyl groups excluding tert-OH is 1. The quantitative estimate of drug-likeness (QED) is 0.389. The van der Waals surface area contributed by atoms with Gasteiger partial charge in [-0.3, -0.25) is 14.6 Å². The van der Waals surface area contributed by atoms with Crippen molar-refractivity contribution >= 4 is 17.4 Å². The van der Waals surface area contributed by atoms with Crippen LogP contribution in [0.5, 0.6) is 11.5 Å². The first-order valence-electron chi connectivity index (χ1n) is 10.6. The maximum atomic E-state index is 13.1. The minimum Gasteiger partial charge on any atom is -0.507 e. The Bertz CT molecular complexity index is 1060. The number of aliphatic hydroxyl groups is 1. The highest BCUT2D eigenvalue weighted by Gasteiger charge is 2.46. The van der Waals surface area contributed by atoms with Gasteiger partial charge in [0, 0.05) is 18.0 Å². The number of nitrogens with zero attached hydrogens (tertiary/aromatic N) is 2. The van der Waals surface area contributed by atoms with Gasteiger partial charge in [0.1, 0.15) is 18.8 Å². The number of rotatable bonds is 5. The number of benzene rings is 1. The van der Waals surface area contributed by atoms with E-state index in [0.717, 1.165) is 13.1 Å². The van der Waals surface area contributed by atoms with E-state index in [0.29, 0.717) is 48.9 Å². The number of pyridine rings is 1. The number of nitrogens with one attached hydrogen (secondary N) is 1. The molecule has 1 unspecified atom stereocenters. The zero-order chi connectivity index (χ0) is 22.1. The molecule has 2 saturated heterocycles. The Morgan fingerprint density at radius 2 is 1.97 bits per heavy atom. The van der Waals surface area contributed by atoms with Crippen molar-refractivity contribution in [3.63, 3.8) is 0 Å². The van der Waals surface area contributed by atoms with Crippen LogP contribution in [0.15, 0.2) is 48.3 Å². The zero-order valence-electron chi connectivity index (χ0n) is 17.5. The molecule has 0 saturated carbocycles. The predicted octanol–water partition coefficient (Wildman–Crippen LogP) is 0.147. The Kier molecular flexibility index (Phi) is 5.50. The molecular weight excluding hydrogens is 414 g/mol. The normalized spacial score (nSPS) is 22.5. The van der Waals surface area contributed by atoms with Gasteiger partial charge in [0.05, 0.1) is 37.9 Å². The maximum absolute atomic E-state index is 13.1. The fourth-order valence-electron chi connectivity index (χ4n) is 4.38. The Hall–Kier alpha value is -3.43. The van der Waals surface area contributed by atoms with E-state index in [1.54, 1.807) is 41.6 Å². The monoisotopic (exact) mass is 438 g/mol. The van der Waals surface area contributed by atoms with Crippen LogP contribution in [0.25, 0.3) is 5.76 Å². The van der Waals surface area contributed by atoms with E-state index >= 15 is 0 Å². The van der Waals surface area contributed by atoms with E-state index < -0.39 is 17.7 Å². The number of likely N-dealkylation sites (tertiary alicyclic amines) is 1. The van der Waals surface area contributed by atoms with Crippen molar-refractivity contribution < 1.29 is 33.8 Å². The molecule has 0 bridgehead atoms. The molecule has 5 rings (SSSR count). The lowest BCUT2D eigenvalue weighted by molar-refractivity contribution is -0.907. The molecule has 2 aromatic rings. The van der Waals surface area contributed by atoms with Crippen LogP contribution < -0.4 is 14.4 Å². The fourth-order valence-corrected chi connectivity index (χ4v) is 4.38. The average Bonchev–Trinajstić information content (AvgIpc) is 3.40. The Labute approximate surface area is 184 Å². The number of morpholine rings is 1. The second-order valence-corrected chi connectivity index (χ2v) is 7.96. The van der Waals surface area contributed by atoms with Gasteiger partial charge >= 0.3 is 0 Å². The standard InChI is InChI=1S/C23H23N3O6/c27-21(15-3-4-17-18(12-15)32-14-31-17)19-20(16-2-1-5-24-13-16)26(23(29)22(19)28)7-6-25-8-10-30-11-9-25/h1-5,12-13,20,27H,6-11,14H2/p+1. The number of carbonyl (C=O) groups is 2. The predicted molar refractivity (Wildman–Crippen MR) is 112 cm³/mol. The van der Waals surface area contributed by atoms with Gasteiger partial charge in [0.2, 0.25) is 6.79 Å².